The molecule has 0 radical (unpaired) electrons. The van der Waals surface area contributed by atoms with Crippen LogP contribution in [0.4, 0.5) is 0 Å². The average molecular weight is 223 g/mol. The van der Waals surface area contributed by atoms with E-state index in [9.17, 15) is 0 Å². The molecular weight excluding hydrogens is 210 g/mol. The van der Waals surface area contributed by atoms with Crippen LogP contribution in [0.2, 0.25) is 0 Å². The molecule has 0 aliphatic carbocycles. The predicted octanol–water partition coefficient (Wildman–Crippen LogP) is 2.96. The Morgan fingerprint density at radius 2 is 2.00 bits per heavy atom. The third-order valence-electron chi connectivity index (χ3n) is 2.89. The Bertz CT molecular complexity index is 605. The molecule has 0 aliphatic rings. The Balaban J connectivity index is 2.07. The van der Waals surface area contributed by atoms with Crippen LogP contribution < -0.4 is 0 Å². The van der Waals surface area contributed by atoms with Crippen LogP contribution in [0.3, 0.4) is 0 Å². The molecule has 0 amide bonds. The summed E-state index contributed by atoms with van der Waals surface area (Å²) in [7, 11) is 0. The number of fused-ring (bicyclic) bond motifs is 1. The molecule has 3 nitrogen and oxygen atoms in total. The molecule has 3 heteroatoms. The monoisotopic (exact) mass is 223 g/mol. The largest absolute Gasteiger partial charge is 0.237 e. The fraction of sp³-hybridized carbons (Fsp3) is 0.143. The summed E-state index contributed by atoms with van der Waals surface area (Å²) in [6.45, 7) is 2.16. The first-order valence-electron chi connectivity index (χ1n) is 5.76. The summed E-state index contributed by atoms with van der Waals surface area (Å²) in [5, 5.41) is 4.49. The molecular formula is C14H13N3. The Labute approximate surface area is 99.7 Å². The quantitative estimate of drug-likeness (QED) is 0.668. The number of nitrogens with zero attached hydrogens (tertiary/aromatic N) is 3. The number of hydrogen-bond donors (Lipinski definition) is 0. The summed E-state index contributed by atoms with van der Waals surface area (Å²) in [6, 6.07) is 12.4. The molecule has 3 rings (SSSR count). The second-order valence-corrected chi connectivity index (χ2v) is 4.00. The van der Waals surface area contributed by atoms with Gasteiger partial charge >= 0.3 is 0 Å². The van der Waals surface area contributed by atoms with Crippen LogP contribution in [0, 0.1) is 0 Å². The van der Waals surface area contributed by atoms with Gasteiger partial charge in [-0.1, -0.05) is 31.2 Å². The Morgan fingerprint density at radius 3 is 2.71 bits per heavy atom. The normalized spacial score (nSPS) is 10.9. The van der Waals surface area contributed by atoms with Gasteiger partial charge in [-0.2, -0.15) is 5.10 Å². The van der Waals surface area contributed by atoms with Crippen molar-refractivity contribution >= 4 is 5.65 Å². The fourth-order valence-corrected chi connectivity index (χ4v) is 1.88. The van der Waals surface area contributed by atoms with Gasteiger partial charge in [-0.3, -0.25) is 0 Å². The maximum atomic E-state index is 4.49. The molecule has 0 saturated heterocycles. The van der Waals surface area contributed by atoms with Crippen LogP contribution in [-0.4, -0.2) is 14.6 Å². The van der Waals surface area contributed by atoms with E-state index in [1.54, 1.807) is 10.7 Å². The van der Waals surface area contributed by atoms with E-state index >= 15 is 0 Å². The number of rotatable bonds is 2. The smallest absolute Gasteiger partial charge is 0.155 e. The van der Waals surface area contributed by atoms with Crippen molar-refractivity contribution in [2.45, 2.75) is 13.3 Å². The molecule has 0 saturated carbocycles. The molecule has 0 atom stereocenters. The van der Waals surface area contributed by atoms with Gasteiger partial charge in [-0.25, -0.2) is 9.50 Å². The van der Waals surface area contributed by atoms with Crippen LogP contribution in [0.1, 0.15) is 12.5 Å². The maximum absolute atomic E-state index is 4.49. The van der Waals surface area contributed by atoms with Crippen LogP contribution in [0.15, 0.2) is 48.8 Å². The van der Waals surface area contributed by atoms with Crippen molar-refractivity contribution in [1.29, 1.82) is 0 Å². The zero-order valence-corrected chi connectivity index (χ0v) is 9.67. The third kappa shape index (κ3) is 1.80. The van der Waals surface area contributed by atoms with Gasteiger partial charge in [-0.05, 0) is 18.1 Å². The first kappa shape index (κ1) is 10.0. The molecule has 0 spiro atoms. The van der Waals surface area contributed by atoms with Crippen molar-refractivity contribution in [3.8, 4) is 11.3 Å². The molecule has 3 aromatic rings. The van der Waals surface area contributed by atoms with E-state index in [2.05, 4.69) is 41.3 Å². The van der Waals surface area contributed by atoms with Gasteiger partial charge in [0.2, 0.25) is 0 Å². The number of aryl methyl sites for hydroxylation is 1. The summed E-state index contributed by atoms with van der Waals surface area (Å²) < 4.78 is 1.79. The van der Waals surface area contributed by atoms with Crippen LogP contribution >= 0.6 is 0 Å². The van der Waals surface area contributed by atoms with E-state index in [0.717, 1.165) is 23.3 Å². The lowest BCUT2D eigenvalue weighted by atomic mass is 10.1. The minimum absolute atomic E-state index is 0.877. The van der Waals surface area contributed by atoms with Gasteiger partial charge in [0.15, 0.2) is 5.65 Å². The Kier molecular flexibility index (Phi) is 2.37. The van der Waals surface area contributed by atoms with E-state index in [1.165, 1.54) is 5.56 Å². The van der Waals surface area contributed by atoms with Crippen molar-refractivity contribution < 1.29 is 0 Å². The van der Waals surface area contributed by atoms with Crippen molar-refractivity contribution in [1.82, 2.24) is 14.6 Å². The minimum atomic E-state index is 0.877. The zero-order chi connectivity index (χ0) is 11.7. The van der Waals surface area contributed by atoms with E-state index in [4.69, 9.17) is 0 Å². The summed E-state index contributed by atoms with van der Waals surface area (Å²) in [4.78, 5) is 4.26. The van der Waals surface area contributed by atoms with Gasteiger partial charge in [0, 0.05) is 24.0 Å². The standard InChI is InChI=1S/C14H13N3/c1-2-11-4-6-12(7-5-11)13-10-14-15-8-3-9-17(14)16-13/h3-10H,2H2,1H3. The molecule has 0 unspecified atom stereocenters. The summed E-state index contributed by atoms with van der Waals surface area (Å²) in [6.07, 6.45) is 4.75. The topological polar surface area (TPSA) is 30.2 Å². The van der Waals surface area contributed by atoms with E-state index < -0.39 is 0 Å². The van der Waals surface area contributed by atoms with Gasteiger partial charge in [0.1, 0.15) is 0 Å². The van der Waals surface area contributed by atoms with Crippen LogP contribution in [-0.2, 0) is 6.42 Å². The maximum Gasteiger partial charge on any atom is 0.155 e. The molecule has 0 N–H and O–H groups in total. The first-order valence-corrected chi connectivity index (χ1v) is 5.76. The van der Waals surface area contributed by atoms with Crippen molar-refractivity contribution in [2.75, 3.05) is 0 Å². The average Bonchev–Trinajstić information content (AvgIpc) is 2.82. The molecule has 0 aliphatic heterocycles. The van der Waals surface area contributed by atoms with Gasteiger partial charge in [0.05, 0.1) is 5.69 Å². The van der Waals surface area contributed by atoms with Gasteiger partial charge < -0.3 is 0 Å². The Morgan fingerprint density at radius 1 is 1.18 bits per heavy atom. The predicted molar refractivity (Wildman–Crippen MR) is 67.8 cm³/mol. The highest BCUT2D eigenvalue weighted by Crippen LogP contribution is 2.19. The lowest BCUT2D eigenvalue weighted by Crippen LogP contribution is -1.87. The minimum Gasteiger partial charge on any atom is -0.237 e. The fourth-order valence-electron chi connectivity index (χ4n) is 1.88. The molecule has 17 heavy (non-hydrogen) atoms. The van der Waals surface area contributed by atoms with Crippen LogP contribution in [0.25, 0.3) is 16.9 Å². The number of hydrogen-bond acceptors (Lipinski definition) is 2. The SMILES string of the molecule is CCc1ccc(-c2cc3ncccn3n2)cc1. The van der Waals surface area contributed by atoms with E-state index in [1.807, 2.05) is 18.3 Å². The Hall–Kier alpha value is -2.16. The second kappa shape index (κ2) is 4.01. The highest BCUT2D eigenvalue weighted by Gasteiger charge is 2.04. The summed E-state index contributed by atoms with van der Waals surface area (Å²) >= 11 is 0. The molecule has 2 heterocycles. The first-order chi connectivity index (χ1) is 8.36. The molecule has 1 aromatic carbocycles. The molecule has 2 aromatic heterocycles. The van der Waals surface area contributed by atoms with Gasteiger partial charge in [0.25, 0.3) is 0 Å². The van der Waals surface area contributed by atoms with E-state index in [-0.39, 0.29) is 0 Å². The highest BCUT2D eigenvalue weighted by atomic mass is 15.2. The van der Waals surface area contributed by atoms with Gasteiger partial charge in [-0.15, -0.1) is 0 Å². The van der Waals surface area contributed by atoms with E-state index in [0.29, 0.717) is 0 Å². The molecule has 0 bridgehead atoms. The number of aromatic nitrogens is 3. The van der Waals surface area contributed by atoms with Crippen LogP contribution in [0.5, 0.6) is 0 Å². The van der Waals surface area contributed by atoms with Crippen molar-refractivity contribution in [3.63, 3.8) is 0 Å². The van der Waals surface area contributed by atoms with Crippen molar-refractivity contribution in [2.24, 2.45) is 0 Å². The number of benzene rings is 1. The second-order valence-electron chi connectivity index (χ2n) is 4.00. The summed E-state index contributed by atoms with van der Waals surface area (Å²) in [5.74, 6) is 0. The summed E-state index contributed by atoms with van der Waals surface area (Å²) in [5.41, 5.74) is 4.32. The third-order valence-corrected chi connectivity index (χ3v) is 2.89. The zero-order valence-electron chi connectivity index (χ0n) is 9.67. The molecule has 84 valence electrons. The lowest BCUT2D eigenvalue weighted by molar-refractivity contribution is 0.943. The van der Waals surface area contributed by atoms with Crippen molar-refractivity contribution in [3.05, 3.63) is 54.4 Å². The highest BCUT2D eigenvalue weighted by molar-refractivity contribution is 5.64. The lowest BCUT2D eigenvalue weighted by Gasteiger charge is -1.98. The molecule has 0 fully saturated rings.